The van der Waals surface area contributed by atoms with Gasteiger partial charge in [-0.25, -0.2) is 0 Å². The van der Waals surface area contributed by atoms with Crippen LogP contribution in [0, 0.1) is 6.92 Å². The third-order valence-corrected chi connectivity index (χ3v) is 2.08. The quantitative estimate of drug-likeness (QED) is 0.702. The molecule has 0 radical (unpaired) electrons. The van der Waals surface area contributed by atoms with Crippen LogP contribution in [0.5, 0.6) is 11.5 Å². The second-order valence-corrected chi connectivity index (χ2v) is 3.24. The van der Waals surface area contributed by atoms with Crippen molar-refractivity contribution in [3.8, 4) is 11.5 Å². The van der Waals surface area contributed by atoms with Crippen molar-refractivity contribution in [3.63, 3.8) is 0 Å². The first-order valence-corrected chi connectivity index (χ1v) is 4.40. The molecule has 1 aromatic carbocycles. The second kappa shape index (κ2) is 3.26. The lowest BCUT2D eigenvalue weighted by Crippen LogP contribution is -2.35. The molecule has 0 bridgehead atoms. The van der Waals surface area contributed by atoms with Crippen molar-refractivity contribution in [1.82, 2.24) is 0 Å². The van der Waals surface area contributed by atoms with Crippen LogP contribution in [0.15, 0.2) is 18.2 Å². The Morgan fingerprint density at radius 3 is 3.08 bits per heavy atom. The summed E-state index contributed by atoms with van der Waals surface area (Å²) in [6.45, 7) is 3.07. The molecule has 1 heterocycles. The fraction of sp³-hybridized carbons (Fsp3) is 0.400. The summed E-state index contributed by atoms with van der Waals surface area (Å²) in [7, 11) is 0. The summed E-state index contributed by atoms with van der Waals surface area (Å²) in [4.78, 5) is 0. The van der Waals surface area contributed by atoms with Crippen LogP contribution >= 0.6 is 0 Å². The predicted molar refractivity (Wildman–Crippen MR) is 50.1 cm³/mol. The molecule has 0 fully saturated rings. The van der Waals surface area contributed by atoms with E-state index in [1.165, 1.54) is 5.56 Å². The highest BCUT2D eigenvalue weighted by molar-refractivity contribution is 5.43. The molecule has 0 amide bonds. The van der Waals surface area contributed by atoms with Crippen molar-refractivity contribution in [2.45, 2.75) is 13.0 Å². The van der Waals surface area contributed by atoms with Gasteiger partial charge in [0.1, 0.15) is 12.7 Å². The number of fused-ring (bicyclic) bond motifs is 1. The van der Waals surface area contributed by atoms with Crippen LogP contribution in [0.25, 0.3) is 0 Å². The molecule has 0 unspecified atom stereocenters. The SMILES string of the molecule is Cc1ccc2c(c1)O[C@@H](CN)CO2. The molecule has 0 saturated heterocycles. The molecular weight excluding hydrogens is 166 g/mol. The van der Waals surface area contributed by atoms with Crippen molar-refractivity contribution >= 4 is 0 Å². The van der Waals surface area contributed by atoms with E-state index in [2.05, 4.69) is 0 Å². The zero-order valence-corrected chi connectivity index (χ0v) is 7.62. The standard InChI is InChI=1S/C10H13NO2/c1-7-2-3-9-10(4-7)13-8(5-11)6-12-9/h2-4,8H,5-6,11H2,1H3/t8-/m0/s1. The van der Waals surface area contributed by atoms with Crippen LogP contribution < -0.4 is 15.2 Å². The third-order valence-electron chi connectivity index (χ3n) is 2.08. The minimum atomic E-state index is -0.00528. The summed E-state index contributed by atoms with van der Waals surface area (Å²) in [5.74, 6) is 1.62. The summed E-state index contributed by atoms with van der Waals surface area (Å²) in [5, 5.41) is 0. The van der Waals surface area contributed by atoms with Gasteiger partial charge < -0.3 is 15.2 Å². The van der Waals surface area contributed by atoms with E-state index in [0.29, 0.717) is 13.2 Å². The molecule has 3 heteroatoms. The summed E-state index contributed by atoms with van der Waals surface area (Å²) >= 11 is 0. The van der Waals surface area contributed by atoms with Crippen LogP contribution in [0.2, 0.25) is 0 Å². The van der Waals surface area contributed by atoms with E-state index in [4.69, 9.17) is 15.2 Å². The minimum Gasteiger partial charge on any atom is -0.486 e. The molecule has 0 aromatic heterocycles. The Hall–Kier alpha value is -1.22. The highest BCUT2D eigenvalue weighted by atomic mass is 16.6. The van der Waals surface area contributed by atoms with Crippen molar-refractivity contribution in [2.75, 3.05) is 13.2 Å². The predicted octanol–water partition coefficient (Wildman–Crippen LogP) is 1.09. The fourth-order valence-electron chi connectivity index (χ4n) is 1.34. The molecule has 3 nitrogen and oxygen atoms in total. The second-order valence-electron chi connectivity index (χ2n) is 3.24. The molecule has 2 N–H and O–H groups in total. The Balaban J connectivity index is 2.27. The maximum absolute atomic E-state index is 5.61. The summed E-state index contributed by atoms with van der Waals surface area (Å²) in [6.07, 6.45) is -0.00528. The first kappa shape index (κ1) is 8.38. The summed E-state index contributed by atoms with van der Waals surface area (Å²) in [6, 6.07) is 5.90. The number of rotatable bonds is 1. The lowest BCUT2D eigenvalue weighted by atomic mass is 10.2. The van der Waals surface area contributed by atoms with Gasteiger partial charge in [0.15, 0.2) is 11.5 Å². The van der Waals surface area contributed by atoms with Gasteiger partial charge in [-0.3, -0.25) is 0 Å². The molecule has 1 aromatic rings. The lowest BCUT2D eigenvalue weighted by molar-refractivity contribution is 0.0968. The largest absolute Gasteiger partial charge is 0.486 e. The van der Waals surface area contributed by atoms with Gasteiger partial charge in [0.2, 0.25) is 0 Å². The number of hydrogen-bond donors (Lipinski definition) is 1. The van der Waals surface area contributed by atoms with Gasteiger partial charge >= 0.3 is 0 Å². The van der Waals surface area contributed by atoms with Crippen LogP contribution in [0.3, 0.4) is 0 Å². The Bertz CT molecular complexity index is 312. The average Bonchev–Trinajstić information content (AvgIpc) is 2.16. The van der Waals surface area contributed by atoms with Gasteiger partial charge in [-0.1, -0.05) is 6.07 Å². The lowest BCUT2D eigenvalue weighted by Gasteiger charge is -2.25. The van der Waals surface area contributed by atoms with Crippen LogP contribution in [-0.4, -0.2) is 19.3 Å². The Kier molecular flexibility index (Phi) is 2.10. The zero-order chi connectivity index (χ0) is 9.26. The molecule has 1 atom stereocenters. The van der Waals surface area contributed by atoms with E-state index in [1.54, 1.807) is 0 Å². The average molecular weight is 179 g/mol. The maximum Gasteiger partial charge on any atom is 0.162 e. The molecule has 0 aliphatic carbocycles. The van der Waals surface area contributed by atoms with E-state index in [1.807, 2.05) is 25.1 Å². The van der Waals surface area contributed by atoms with Crippen LogP contribution in [0.4, 0.5) is 0 Å². The summed E-state index contributed by atoms with van der Waals surface area (Å²) < 4.78 is 11.1. The monoisotopic (exact) mass is 179 g/mol. The Morgan fingerprint density at radius 1 is 1.46 bits per heavy atom. The smallest absolute Gasteiger partial charge is 0.162 e. The minimum absolute atomic E-state index is 0.00528. The van der Waals surface area contributed by atoms with Crippen LogP contribution in [-0.2, 0) is 0 Å². The van der Waals surface area contributed by atoms with Gasteiger partial charge in [0.25, 0.3) is 0 Å². The van der Waals surface area contributed by atoms with E-state index in [0.717, 1.165) is 11.5 Å². The molecule has 1 aliphatic heterocycles. The van der Waals surface area contributed by atoms with Crippen molar-refractivity contribution in [2.24, 2.45) is 5.73 Å². The van der Waals surface area contributed by atoms with Crippen molar-refractivity contribution in [3.05, 3.63) is 23.8 Å². The highest BCUT2D eigenvalue weighted by Gasteiger charge is 2.19. The highest BCUT2D eigenvalue weighted by Crippen LogP contribution is 2.31. The van der Waals surface area contributed by atoms with Crippen LogP contribution in [0.1, 0.15) is 5.56 Å². The Labute approximate surface area is 77.5 Å². The first-order chi connectivity index (χ1) is 6.29. The van der Waals surface area contributed by atoms with Gasteiger partial charge in [0.05, 0.1) is 0 Å². The Morgan fingerprint density at radius 2 is 2.31 bits per heavy atom. The number of benzene rings is 1. The number of aryl methyl sites for hydroxylation is 1. The fourth-order valence-corrected chi connectivity index (χ4v) is 1.34. The van der Waals surface area contributed by atoms with E-state index < -0.39 is 0 Å². The van der Waals surface area contributed by atoms with Gasteiger partial charge in [-0.2, -0.15) is 0 Å². The van der Waals surface area contributed by atoms with Gasteiger partial charge in [0, 0.05) is 6.54 Å². The maximum atomic E-state index is 5.61. The first-order valence-electron chi connectivity index (χ1n) is 4.40. The number of ether oxygens (including phenoxy) is 2. The van der Waals surface area contributed by atoms with E-state index >= 15 is 0 Å². The van der Waals surface area contributed by atoms with Crippen molar-refractivity contribution in [1.29, 1.82) is 0 Å². The summed E-state index contributed by atoms with van der Waals surface area (Å²) in [5.41, 5.74) is 6.66. The normalized spacial score (nSPS) is 20.0. The molecule has 13 heavy (non-hydrogen) atoms. The van der Waals surface area contributed by atoms with Gasteiger partial charge in [-0.15, -0.1) is 0 Å². The molecule has 0 saturated carbocycles. The topological polar surface area (TPSA) is 44.5 Å². The molecular formula is C10H13NO2. The van der Waals surface area contributed by atoms with Crippen molar-refractivity contribution < 1.29 is 9.47 Å². The third kappa shape index (κ3) is 1.60. The van der Waals surface area contributed by atoms with E-state index in [-0.39, 0.29) is 6.10 Å². The van der Waals surface area contributed by atoms with Gasteiger partial charge in [-0.05, 0) is 24.6 Å². The molecule has 0 spiro atoms. The molecule has 70 valence electrons. The molecule has 2 rings (SSSR count). The number of nitrogens with two attached hydrogens (primary N) is 1. The molecule has 1 aliphatic rings. The van der Waals surface area contributed by atoms with E-state index in [9.17, 15) is 0 Å². The zero-order valence-electron chi connectivity index (χ0n) is 7.62. The number of hydrogen-bond acceptors (Lipinski definition) is 3.